The summed E-state index contributed by atoms with van der Waals surface area (Å²) in [5, 5.41) is 0. The molecule has 0 heterocycles. The number of nitrogen functional groups attached to an aromatic ring is 2. The third-order valence-corrected chi connectivity index (χ3v) is 6.38. The van der Waals surface area contributed by atoms with E-state index in [1.54, 1.807) is 0 Å². The molecule has 35 heavy (non-hydrogen) atoms. The normalized spacial score (nSPS) is 11.7. The molecule has 0 saturated carbocycles. The maximum atomic E-state index is 6.04. The summed E-state index contributed by atoms with van der Waals surface area (Å²) in [5.41, 5.74) is 18.4. The van der Waals surface area contributed by atoms with Crippen molar-refractivity contribution in [3.05, 3.63) is 107 Å². The lowest BCUT2D eigenvalue weighted by Gasteiger charge is -2.14. The zero-order valence-corrected chi connectivity index (χ0v) is 20.8. The zero-order valence-electron chi connectivity index (χ0n) is 20.8. The molecule has 0 saturated heterocycles. The highest BCUT2D eigenvalue weighted by Gasteiger charge is 2.09. The van der Waals surface area contributed by atoms with E-state index >= 15 is 0 Å². The Labute approximate surface area is 208 Å². The van der Waals surface area contributed by atoms with E-state index in [1.807, 2.05) is 60.7 Å². The van der Waals surface area contributed by atoms with Gasteiger partial charge in [0.15, 0.2) is 0 Å². The van der Waals surface area contributed by atoms with Crippen LogP contribution in [0.1, 0.15) is 48.9 Å². The lowest BCUT2D eigenvalue weighted by molar-refractivity contribution is 0.481. The molecule has 4 N–H and O–H groups in total. The Kier molecular flexibility index (Phi) is 7.61. The average molecular weight is 467 g/mol. The summed E-state index contributed by atoms with van der Waals surface area (Å²) in [6.45, 7) is 6.43. The maximum absolute atomic E-state index is 6.04. The van der Waals surface area contributed by atoms with Gasteiger partial charge < -0.3 is 20.9 Å². The average Bonchev–Trinajstić information content (AvgIpc) is 2.88. The minimum atomic E-state index is 0.378. The Bertz CT molecular complexity index is 1260. The Morgan fingerprint density at radius 2 is 1.03 bits per heavy atom. The van der Waals surface area contributed by atoms with Crippen molar-refractivity contribution in [3.63, 3.8) is 0 Å². The Morgan fingerprint density at radius 1 is 0.600 bits per heavy atom. The fourth-order valence-corrected chi connectivity index (χ4v) is 4.21. The van der Waals surface area contributed by atoms with Gasteiger partial charge in [0, 0.05) is 11.4 Å². The van der Waals surface area contributed by atoms with Crippen molar-refractivity contribution in [1.82, 2.24) is 0 Å². The summed E-state index contributed by atoms with van der Waals surface area (Å²) in [4.78, 5) is 0. The van der Waals surface area contributed by atoms with Crippen molar-refractivity contribution in [2.75, 3.05) is 11.5 Å². The molecular weight excluding hydrogens is 432 g/mol. The molecule has 180 valence electrons. The molecule has 4 heteroatoms. The van der Waals surface area contributed by atoms with Crippen molar-refractivity contribution in [1.29, 1.82) is 0 Å². The predicted molar refractivity (Wildman–Crippen MR) is 146 cm³/mol. The van der Waals surface area contributed by atoms with Crippen LogP contribution in [0.4, 0.5) is 11.4 Å². The van der Waals surface area contributed by atoms with Gasteiger partial charge in [0.05, 0.1) is 0 Å². The first-order valence-corrected chi connectivity index (χ1v) is 12.3. The topological polar surface area (TPSA) is 70.5 Å². The van der Waals surface area contributed by atoms with Crippen molar-refractivity contribution in [2.24, 2.45) is 0 Å². The molecule has 0 fully saturated rings. The lowest BCUT2D eigenvalue weighted by Crippen LogP contribution is -1.99. The van der Waals surface area contributed by atoms with Crippen molar-refractivity contribution in [3.8, 4) is 23.0 Å². The summed E-state index contributed by atoms with van der Waals surface area (Å²) in [6, 6.07) is 28.3. The van der Waals surface area contributed by atoms with Gasteiger partial charge >= 0.3 is 0 Å². The van der Waals surface area contributed by atoms with Crippen molar-refractivity contribution in [2.45, 2.75) is 46.0 Å². The summed E-state index contributed by atoms with van der Waals surface area (Å²) < 4.78 is 12.1. The third-order valence-electron chi connectivity index (χ3n) is 6.38. The van der Waals surface area contributed by atoms with Gasteiger partial charge in [-0.25, -0.2) is 0 Å². The third kappa shape index (κ3) is 6.15. The summed E-state index contributed by atoms with van der Waals surface area (Å²) in [5.74, 6) is 3.64. The molecule has 1 atom stereocenters. The highest BCUT2D eigenvalue weighted by atomic mass is 16.5. The molecule has 4 aromatic carbocycles. The molecule has 4 aromatic rings. The van der Waals surface area contributed by atoms with Gasteiger partial charge in [-0.05, 0) is 108 Å². The maximum Gasteiger partial charge on any atom is 0.127 e. The second-order valence-corrected chi connectivity index (χ2v) is 8.95. The first-order valence-electron chi connectivity index (χ1n) is 12.3. The van der Waals surface area contributed by atoms with E-state index in [0.29, 0.717) is 5.92 Å². The van der Waals surface area contributed by atoms with Crippen LogP contribution in [0.15, 0.2) is 84.9 Å². The van der Waals surface area contributed by atoms with Crippen LogP contribution >= 0.6 is 0 Å². The molecule has 0 spiro atoms. The first kappa shape index (κ1) is 24.2. The van der Waals surface area contributed by atoms with Crippen LogP contribution in [0.3, 0.4) is 0 Å². The highest BCUT2D eigenvalue weighted by Crippen LogP contribution is 2.29. The van der Waals surface area contributed by atoms with E-state index in [0.717, 1.165) is 64.8 Å². The standard InChI is InChI=1S/C31H34N2O2/c1-4-23-19-28(14-16-30(23)32)34-26-10-6-22(7-11-26)18-21(3)25-8-12-27(13-9-25)35-29-15-17-31(33)24(5-2)20-29/h6-17,19-21H,4-5,18,32-33H2,1-3H3. The van der Waals surface area contributed by atoms with Crippen molar-refractivity contribution < 1.29 is 9.47 Å². The number of hydrogen-bond acceptors (Lipinski definition) is 4. The molecule has 4 rings (SSSR count). The second kappa shape index (κ2) is 11.0. The van der Waals surface area contributed by atoms with Gasteiger partial charge in [-0.3, -0.25) is 0 Å². The van der Waals surface area contributed by atoms with Crippen LogP contribution in [0.2, 0.25) is 0 Å². The van der Waals surface area contributed by atoms with Crippen LogP contribution in [0, 0.1) is 0 Å². The van der Waals surface area contributed by atoms with Gasteiger partial charge in [0.25, 0.3) is 0 Å². The number of rotatable bonds is 9. The lowest BCUT2D eigenvalue weighted by atomic mass is 9.94. The van der Waals surface area contributed by atoms with E-state index in [2.05, 4.69) is 45.0 Å². The molecule has 1 unspecified atom stereocenters. The quantitative estimate of drug-likeness (QED) is 0.246. The number of ether oxygens (including phenoxy) is 2. The van der Waals surface area contributed by atoms with Crippen LogP contribution in [-0.2, 0) is 19.3 Å². The first-order chi connectivity index (χ1) is 16.9. The van der Waals surface area contributed by atoms with E-state index in [-0.39, 0.29) is 0 Å². The Balaban J connectivity index is 1.35. The van der Waals surface area contributed by atoms with Crippen molar-refractivity contribution >= 4 is 11.4 Å². The molecule has 0 amide bonds. The second-order valence-electron chi connectivity index (χ2n) is 8.95. The van der Waals surface area contributed by atoms with E-state index in [1.165, 1.54) is 11.1 Å². The van der Waals surface area contributed by atoms with Crippen LogP contribution in [0.25, 0.3) is 0 Å². The summed E-state index contributed by atoms with van der Waals surface area (Å²) in [6.07, 6.45) is 2.71. The van der Waals surface area contributed by atoms with Crippen LogP contribution in [0.5, 0.6) is 23.0 Å². The minimum Gasteiger partial charge on any atom is -0.457 e. The zero-order chi connectivity index (χ0) is 24.8. The molecule has 4 nitrogen and oxygen atoms in total. The number of aryl methyl sites for hydroxylation is 2. The minimum absolute atomic E-state index is 0.378. The SMILES string of the molecule is CCc1cc(Oc2ccc(CC(C)c3ccc(Oc4ccc(N)c(CC)c4)cc3)cc2)ccc1N. The molecule has 0 bridgehead atoms. The van der Waals surface area contributed by atoms with Gasteiger partial charge in [-0.2, -0.15) is 0 Å². The summed E-state index contributed by atoms with van der Waals surface area (Å²) >= 11 is 0. The predicted octanol–water partition coefficient (Wildman–Crippen LogP) is 7.91. The van der Waals surface area contributed by atoms with Gasteiger partial charge in [-0.15, -0.1) is 0 Å². The monoisotopic (exact) mass is 466 g/mol. The molecule has 0 radical (unpaired) electrons. The fourth-order valence-electron chi connectivity index (χ4n) is 4.21. The Hall–Kier alpha value is -3.92. The van der Waals surface area contributed by atoms with E-state index in [4.69, 9.17) is 20.9 Å². The van der Waals surface area contributed by atoms with E-state index < -0.39 is 0 Å². The highest BCUT2D eigenvalue weighted by molar-refractivity contribution is 5.52. The molecule has 0 aromatic heterocycles. The smallest absolute Gasteiger partial charge is 0.127 e. The van der Waals surface area contributed by atoms with Gasteiger partial charge in [0.2, 0.25) is 0 Å². The largest absolute Gasteiger partial charge is 0.457 e. The van der Waals surface area contributed by atoms with Gasteiger partial charge in [0.1, 0.15) is 23.0 Å². The molecular formula is C31H34N2O2. The number of anilines is 2. The molecule has 0 aliphatic heterocycles. The summed E-state index contributed by atoms with van der Waals surface area (Å²) in [7, 11) is 0. The Morgan fingerprint density at radius 3 is 1.49 bits per heavy atom. The number of benzene rings is 4. The van der Waals surface area contributed by atoms with Crippen LogP contribution < -0.4 is 20.9 Å². The molecule has 0 aliphatic rings. The number of nitrogens with two attached hydrogens (primary N) is 2. The fraction of sp³-hybridized carbons (Fsp3) is 0.226. The number of hydrogen-bond donors (Lipinski definition) is 2. The van der Waals surface area contributed by atoms with E-state index in [9.17, 15) is 0 Å². The van der Waals surface area contributed by atoms with Crippen LogP contribution in [-0.4, -0.2) is 0 Å². The molecule has 0 aliphatic carbocycles. The van der Waals surface area contributed by atoms with Gasteiger partial charge in [-0.1, -0.05) is 45.0 Å².